The van der Waals surface area contributed by atoms with Gasteiger partial charge < -0.3 is 10.1 Å². The Morgan fingerprint density at radius 2 is 2.15 bits per heavy atom. The van der Waals surface area contributed by atoms with Crippen LogP contribution in [0.15, 0.2) is 30.4 Å². The predicted molar refractivity (Wildman–Crippen MR) is 80.4 cm³/mol. The largest absolute Gasteiger partial charge is 0.483 e. The fraction of sp³-hybridized carbons (Fsp3) is 0.529. The second kappa shape index (κ2) is 6.40. The normalized spacial score (nSPS) is 19.1. The lowest BCUT2D eigenvalue weighted by Gasteiger charge is -2.21. The molecule has 20 heavy (non-hydrogen) atoms. The van der Waals surface area contributed by atoms with Gasteiger partial charge in [0.2, 0.25) is 0 Å². The van der Waals surface area contributed by atoms with Crippen molar-refractivity contribution < 1.29 is 9.13 Å². The highest BCUT2D eigenvalue weighted by Gasteiger charge is 2.14. The van der Waals surface area contributed by atoms with Crippen LogP contribution in [0, 0.1) is 5.82 Å². The fourth-order valence-corrected chi connectivity index (χ4v) is 2.16. The summed E-state index contributed by atoms with van der Waals surface area (Å²) in [5, 5.41) is 3.35. The number of ether oxygens (including phenoxy) is 1. The molecule has 1 aromatic carbocycles. The molecule has 3 heteroatoms. The van der Waals surface area contributed by atoms with Crippen molar-refractivity contribution in [3.05, 3.63) is 41.7 Å². The molecule has 1 aliphatic rings. The van der Waals surface area contributed by atoms with Crippen molar-refractivity contribution in [3.8, 4) is 5.75 Å². The predicted octanol–water partition coefficient (Wildman–Crippen LogP) is 4.20. The highest BCUT2D eigenvalue weighted by atomic mass is 19.1. The molecule has 0 bridgehead atoms. The first-order valence-corrected chi connectivity index (χ1v) is 7.31. The van der Waals surface area contributed by atoms with Crippen LogP contribution in [0.4, 0.5) is 4.39 Å². The third-order valence-electron chi connectivity index (χ3n) is 3.31. The van der Waals surface area contributed by atoms with Gasteiger partial charge in [-0.25, -0.2) is 4.39 Å². The molecule has 0 saturated carbocycles. The smallest absolute Gasteiger partial charge is 0.165 e. The Labute approximate surface area is 121 Å². The Hall–Kier alpha value is -1.35. The summed E-state index contributed by atoms with van der Waals surface area (Å²) >= 11 is 0. The summed E-state index contributed by atoms with van der Waals surface area (Å²) < 4.78 is 19.8. The van der Waals surface area contributed by atoms with E-state index in [1.54, 1.807) is 12.1 Å². The van der Waals surface area contributed by atoms with E-state index >= 15 is 0 Å². The van der Waals surface area contributed by atoms with Gasteiger partial charge in [0.05, 0.1) is 0 Å². The van der Waals surface area contributed by atoms with Crippen LogP contribution in [0.3, 0.4) is 0 Å². The van der Waals surface area contributed by atoms with Gasteiger partial charge in [0.25, 0.3) is 0 Å². The average molecular weight is 277 g/mol. The van der Waals surface area contributed by atoms with Gasteiger partial charge in [0.15, 0.2) is 11.6 Å². The average Bonchev–Trinajstić information content (AvgIpc) is 2.40. The first kappa shape index (κ1) is 15.0. The van der Waals surface area contributed by atoms with E-state index in [9.17, 15) is 4.39 Å². The number of allylic oxidation sites excluding steroid dienone is 1. The molecule has 2 rings (SSSR count). The highest BCUT2D eigenvalue weighted by molar-refractivity contribution is 5.30. The minimum Gasteiger partial charge on any atom is -0.483 e. The molecule has 0 aliphatic heterocycles. The summed E-state index contributed by atoms with van der Waals surface area (Å²) in [6.45, 7) is 6.94. The lowest BCUT2D eigenvalue weighted by molar-refractivity contribution is 0.220. The number of halogens is 1. The summed E-state index contributed by atoms with van der Waals surface area (Å²) in [5.41, 5.74) is 0.961. The van der Waals surface area contributed by atoms with Crippen molar-refractivity contribution in [1.82, 2.24) is 5.32 Å². The molecule has 0 saturated heterocycles. The van der Waals surface area contributed by atoms with Crippen LogP contribution in [0.1, 0.15) is 45.6 Å². The number of nitrogens with one attached hydrogen (secondary N) is 1. The topological polar surface area (TPSA) is 21.3 Å². The molecule has 0 fully saturated rings. The zero-order chi connectivity index (χ0) is 14.6. The Morgan fingerprint density at radius 1 is 1.35 bits per heavy atom. The SMILES string of the molecule is CC(C)(C)NCc1ccc(OC2C=CCCC2)c(F)c1. The van der Waals surface area contributed by atoms with E-state index in [1.165, 1.54) is 0 Å². The van der Waals surface area contributed by atoms with E-state index < -0.39 is 0 Å². The van der Waals surface area contributed by atoms with E-state index in [-0.39, 0.29) is 17.5 Å². The van der Waals surface area contributed by atoms with Gasteiger partial charge >= 0.3 is 0 Å². The summed E-state index contributed by atoms with van der Waals surface area (Å²) in [7, 11) is 0. The number of benzene rings is 1. The Kier molecular flexibility index (Phi) is 4.81. The zero-order valence-electron chi connectivity index (χ0n) is 12.6. The van der Waals surface area contributed by atoms with E-state index in [1.807, 2.05) is 12.1 Å². The van der Waals surface area contributed by atoms with Crippen molar-refractivity contribution in [2.45, 2.75) is 58.2 Å². The van der Waals surface area contributed by atoms with Gasteiger partial charge in [-0.05, 0) is 63.8 Å². The monoisotopic (exact) mass is 277 g/mol. The molecule has 0 aromatic heterocycles. The van der Waals surface area contributed by atoms with Crippen molar-refractivity contribution in [2.24, 2.45) is 0 Å². The van der Waals surface area contributed by atoms with Crippen molar-refractivity contribution in [1.29, 1.82) is 0 Å². The first-order chi connectivity index (χ1) is 9.44. The summed E-state index contributed by atoms with van der Waals surface area (Å²) in [4.78, 5) is 0. The van der Waals surface area contributed by atoms with Crippen LogP contribution < -0.4 is 10.1 Å². The lowest BCUT2D eigenvalue weighted by atomic mass is 10.1. The maximum Gasteiger partial charge on any atom is 0.165 e. The van der Waals surface area contributed by atoms with Crippen LogP contribution in [0.2, 0.25) is 0 Å². The third-order valence-corrected chi connectivity index (χ3v) is 3.31. The molecular formula is C17H24FNO. The minimum absolute atomic E-state index is 0.0109. The van der Waals surface area contributed by atoms with Gasteiger partial charge in [-0.15, -0.1) is 0 Å². The molecule has 0 radical (unpaired) electrons. The molecule has 0 heterocycles. The molecule has 1 N–H and O–H groups in total. The van der Waals surface area contributed by atoms with Gasteiger partial charge in [0.1, 0.15) is 6.10 Å². The van der Waals surface area contributed by atoms with Gasteiger partial charge in [-0.2, -0.15) is 0 Å². The summed E-state index contributed by atoms with van der Waals surface area (Å²) in [5.74, 6) is 0.0678. The fourth-order valence-electron chi connectivity index (χ4n) is 2.16. The van der Waals surface area contributed by atoms with Crippen molar-refractivity contribution in [2.75, 3.05) is 0 Å². The molecule has 0 amide bonds. The maximum absolute atomic E-state index is 14.0. The van der Waals surface area contributed by atoms with Gasteiger partial charge in [-0.3, -0.25) is 0 Å². The Morgan fingerprint density at radius 3 is 2.75 bits per heavy atom. The van der Waals surface area contributed by atoms with Crippen LogP contribution in [0.5, 0.6) is 5.75 Å². The lowest BCUT2D eigenvalue weighted by Crippen LogP contribution is -2.35. The molecule has 1 unspecified atom stereocenters. The van der Waals surface area contributed by atoms with Gasteiger partial charge in [-0.1, -0.05) is 12.1 Å². The maximum atomic E-state index is 14.0. The van der Waals surface area contributed by atoms with Crippen LogP contribution in [-0.4, -0.2) is 11.6 Å². The molecule has 110 valence electrons. The van der Waals surface area contributed by atoms with Crippen LogP contribution in [-0.2, 0) is 6.54 Å². The van der Waals surface area contributed by atoms with E-state index in [4.69, 9.17) is 4.74 Å². The zero-order valence-corrected chi connectivity index (χ0v) is 12.6. The Bertz CT molecular complexity index is 476. The standard InChI is InChI=1S/C17H24FNO/c1-17(2,3)19-12-13-9-10-16(15(18)11-13)20-14-7-5-4-6-8-14/h5,7,9-11,14,19H,4,6,8,12H2,1-3H3. The number of hydrogen-bond acceptors (Lipinski definition) is 2. The van der Waals surface area contributed by atoms with E-state index in [0.29, 0.717) is 12.3 Å². The van der Waals surface area contributed by atoms with E-state index in [0.717, 1.165) is 24.8 Å². The summed E-state index contributed by atoms with van der Waals surface area (Å²) in [6, 6.07) is 5.21. The van der Waals surface area contributed by atoms with Crippen molar-refractivity contribution in [3.63, 3.8) is 0 Å². The highest BCUT2D eigenvalue weighted by Crippen LogP contribution is 2.23. The summed E-state index contributed by atoms with van der Waals surface area (Å²) in [6.07, 6.45) is 7.31. The molecule has 1 aromatic rings. The molecule has 0 spiro atoms. The number of hydrogen-bond donors (Lipinski definition) is 1. The van der Waals surface area contributed by atoms with Gasteiger partial charge in [0, 0.05) is 12.1 Å². The quantitative estimate of drug-likeness (QED) is 0.833. The second-order valence-electron chi connectivity index (χ2n) is 6.38. The van der Waals surface area contributed by atoms with Crippen molar-refractivity contribution >= 4 is 0 Å². The minimum atomic E-state index is -0.280. The van der Waals surface area contributed by atoms with E-state index in [2.05, 4.69) is 32.2 Å². The Balaban J connectivity index is 1.98. The third kappa shape index (κ3) is 4.64. The molecular weight excluding hydrogens is 253 g/mol. The molecule has 1 aliphatic carbocycles. The second-order valence-corrected chi connectivity index (χ2v) is 6.38. The number of rotatable bonds is 4. The van der Waals surface area contributed by atoms with Crippen LogP contribution in [0.25, 0.3) is 0 Å². The van der Waals surface area contributed by atoms with Crippen LogP contribution >= 0.6 is 0 Å². The first-order valence-electron chi connectivity index (χ1n) is 7.31. The molecule has 2 nitrogen and oxygen atoms in total. The molecule has 1 atom stereocenters.